The summed E-state index contributed by atoms with van der Waals surface area (Å²) in [6.45, 7) is 5.45. The van der Waals surface area contributed by atoms with E-state index in [4.69, 9.17) is 9.73 Å². The van der Waals surface area contributed by atoms with E-state index in [9.17, 15) is 18.0 Å². The zero-order valence-corrected chi connectivity index (χ0v) is 17.5. The number of esters is 1. The molecule has 1 aliphatic heterocycles. The molecule has 0 fully saturated rings. The summed E-state index contributed by atoms with van der Waals surface area (Å²) in [5.41, 5.74) is 2.38. The van der Waals surface area contributed by atoms with Gasteiger partial charge in [-0.3, -0.25) is 4.99 Å². The van der Waals surface area contributed by atoms with Gasteiger partial charge in [-0.1, -0.05) is 13.8 Å². The van der Waals surface area contributed by atoms with Crippen LogP contribution < -0.4 is 0 Å². The Labute approximate surface area is 179 Å². The van der Waals surface area contributed by atoms with Crippen molar-refractivity contribution in [2.45, 2.75) is 26.9 Å². The van der Waals surface area contributed by atoms with Crippen molar-refractivity contribution < 1.29 is 22.7 Å². The van der Waals surface area contributed by atoms with Crippen LogP contribution in [0.5, 0.6) is 0 Å². The van der Waals surface area contributed by atoms with E-state index in [-0.39, 0.29) is 18.3 Å². The molecular formula is C24H23F3N2O2. The van der Waals surface area contributed by atoms with E-state index in [0.717, 1.165) is 6.20 Å². The summed E-state index contributed by atoms with van der Waals surface area (Å²) >= 11 is 0. The molecule has 162 valence electrons. The van der Waals surface area contributed by atoms with Crippen molar-refractivity contribution >= 4 is 17.4 Å². The van der Waals surface area contributed by atoms with Crippen LogP contribution in [0.4, 0.5) is 13.2 Å². The van der Waals surface area contributed by atoms with Crippen molar-refractivity contribution in [1.29, 1.82) is 0 Å². The molecule has 0 saturated carbocycles. The molecule has 0 aromatic heterocycles. The number of aliphatic imine (C=N–C) groups is 1. The minimum atomic E-state index is -1.07. The van der Waals surface area contributed by atoms with E-state index in [1.54, 1.807) is 37.3 Å². The molecule has 0 amide bonds. The molecule has 2 aromatic carbocycles. The van der Waals surface area contributed by atoms with Gasteiger partial charge < -0.3 is 9.64 Å². The normalized spacial score (nSPS) is 16.8. The Bertz CT molecular complexity index is 1030. The van der Waals surface area contributed by atoms with Crippen LogP contribution in [0.1, 0.15) is 31.9 Å². The molecule has 0 N–H and O–H groups in total. The third kappa shape index (κ3) is 5.23. The number of hydrogen-bond acceptors (Lipinski definition) is 4. The number of nitrogens with zero attached hydrogens (tertiary/aromatic N) is 2. The molecular weight excluding hydrogens is 405 g/mol. The molecule has 3 rings (SSSR count). The number of allylic oxidation sites excluding steroid dienone is 1. The van der Waals surface area contributed by atoms with Crippen molar-refractivity contribution in [2.75, 3.05) is 6.61 Å². The standard InChI is InChI=1S/C24H23F3N2O2/c1-4-31-24(30)20(27)14-29-22(17-7-11-19(26)12-8-17)13-21(28-23(29)15(2)3)16-5-9-18(25)10-6-16/h5-15,23H,4H2,1-3H3/b20-14-. The second kappa shape index (κ2) is 9.64. The van der Waals surface area contributed by atoms with Gasteiger partial charge in [0.05, 0.1) is 18.0 Å². The Morgan fingerprint density at radius 1 is 1.06 bits per heavy atom. The van der Waals surface area contributed by atoms with Crippen molar-refractivity contribution in [2.24, 2.45) is 10.9 Å². The fraction of sp³-hybridized carbons (Fsp3) is 0.250. The predicted octanol–water partition coefficient (Wildman–Crippen LogP) is 5.47. The summed E-state index contributed by atoms with van der Waals surface area (Å²) in [5.74, 6) is -3.00. The Morgan fingerprint density at radius 2 is 1.61 bits per heavy atom. The van der Waals surface area contributed by atoms with Gasteiger partial charge in [0.2, 0.25) is 5.83 Å². The summed E-state index contributed by atoms with van der Waals surface area (Å²) in [7, 11) is 0. The first kappa shape index (κ1) is 22.3. The number of hydrogen-bond donors (Lipinski definition) is 0. The Kier molecular flexibility index (Phi) is 6.95. The van der Waals surface area contributed by atoms with Gasteiger partial charge in [-0.05, 0) is 73.0 Å². The van der Waals surface area contributed by atoms with E-state index >= 15 is 0 Å². The lowest BCUT2D eigenvalue weighted by Crippen LogP contribution is -2.37. The molecule has 0 spiro atoms. The monoisotopic (exact) mass is 428 g/mol. The number of carbonyl (C=O) groups is 1. The maximum absolute atomic E-state index is 14.6. The molecule has 0 saturated heterocycles. The van der Waals surface area contributed by atoms with Gasteiger partial charge in [0.15, 0.2) is 0 Å². The van der Waals surface area contributed by atoms with Crippen LogP contribution in [-0.2, 0) is 9.53 Å². The van der Waals surface area contributed by atoms with Crippen LogP contribution in [0, 0.1) is 17.6 Å². The van der Waals surface area contributed by atoms with Gasteiger partial charge in [-0.25, -0.2) is 13.6 Å². The molecule has 1 unspecified atom stereocenters. The minimum absolute atomic E-state index is 0.0429. The van der Waals surface area contributed by atoms with E-state index in [2.05, 4.69) is 0 Å². The Morgan fingerprint density at radius 3 is 2.13 bits per heavy atom. The summed E-state index contributed by atoms with van der Waals surface area (Å²) in [6.07, 6.45) is 2.20. The average Bonchev–Trinajstić information content (AvgIpc) is 2.75. The number of halogens is 3. The quantitative estimate of drug-likeness (QED) is 0.453. The predicted molar refractivity (Wildman–Crippen MR) is 114 cm³/mol. The number of benzene rings is 2. The maximum Gasteiger partial charge on any atom is 0.368 e. The third-order valence-corrected chi connectivity index (χ3v) is 4.71. The average molecular weight is 428 g/mol. The molecule has 7 heteroatoms. The molecule has 1 atom stereocenters. The van der Waals surface area contributed by atoms with Gasteiger partial charge in [0.1, 0.15) is 17.8 Å². The van der Waals surface area contributed by atoms with Crippen molar-refractivity contribution in [3.05, 3.63) is 89.4 Å². The zero-order valence-electron chi connectivity index (χ0n) is 17.5. The summed E-state index contributed by atoms with van der Waals surface area (Å²) in [5, 5.41) is 0. The van der Waals surface area contributed by atoms with Crippen molar-refractivity contribution in [3.8, 4) is 0 Å². The molecule has 31 heavy (non-hydrogen) atoms. The largest absolute Gasteiger partial charge is 0.461 e. The highest BCUT2D eigenvalue weighted by molar-refractivity contribution is 6.13. The van der Waals surface area contributed by atoms with Gasteiger partial charge in [-0.15, -0.1) is 0 Å². The topological polar surface area (TPSA) is 41.9 Å². The molecule has 1 aliphatic rings. The highest BCUT2D eigenvalue weighted by Gasteiger charge is 2.29. The molecule has 1 heterocycles. The lowest BCUT2D eigenvalue weighted by atomic mass is 9.99. The van der Waals surface area contributed by atoms with E-state index in [0.29, 0.717) is 22.5 Å². The fourth-order valence-corrected chi connectivity index (χ4v) is 3.21. The first-order valence-corrected chi connectivity index (χ1v) is 9.94. The van der Waals surface area contributed by atoms with E-state index in [1.165, 1.54) is 29.2 Å². The van der Waals surface area contributed by atoms with Gasteiger partial charge in [-0.2, -0.15) is 4.39 Å². The summed E-state index contributed by atoms with van der Waals surface area (Å²) in [4.78, 5) is 18.1. The second-order valence-corrected chi connectivity index (χ2v) is 7.32. The molecule has 0 aliphatic carbocycles. The van der Waals surface area contributed by atoms with Crippen LogP contribution in [-0.4, -0.2) is 29.4 Å². The van der Waals surface area contributed by atoms with Crippen molar-refractivity contribution in [3.63, 3.8) is 0 Å². The first-order chi connectivity index (χ1) is 14.8. The van der Waals surface area contributed by atoms with Crippen LogP contribution in [0.25, 0.3) is 5.70 Å². The SMILES string of the molecule is CCOC(=O)/C(F)=C/N1C(c2ccc(F)cc2)=CC(c2ccc(F)cc2)=NC1C(C)C. The smallest absolute Gasteiger partial charge is 0.368 e. The Hall–Kier alpha value is -3.35. The number of ether oxygens (including phenoxy) is 1. The lowest BCUT2D eigenvalue weighted by molar-refractivity contribution is -0.140. The van der Waals surface area contributed by atoms with Crippen molar-refractivity contribution in [1.82, 2.24) is 4.90 Å². The van der Waals surface area contributed by atoms with Gasteiger partial charge >= 0.3 is 5.97 Å². The lowest BCUT2D eigenvalue weighted by Gasteiger charge is -2.36. The van der Waals surface area contributed by atoms with Crippen LogP contribution in [0.15, 0.2) is 71.6 Å². The maximum atomic E-state index is 14.6. The highest BCUT2D eigenvalue weighted by atomic mass is 19.1. The molecule has 0 bridgehead atoms. The molecule has 2 aromatic rings. The van der Waals surface area contributed by atoms with E-state index in [1.807, 2.05) is 13.8 Å². The number of rotatable bonds is 6. The summed E-state index contributed by atoms with van der Waals surface area (Å²) < 4.78 is 46.2. The minimum Gasteiger partial charge on any atom is -0.461 e. The highest BCUT2D eigenvalue weighted by Crippen LogP contribution is 2.32. The third-order valence-electron chi connectivity index (χ3n) is 4.71. The van der Waals surface area contributed by atoms with E-state index < -0.39 is 23.8 Å². The first-order valence-electron chi connectivity index (χ1n) is 9.94. The van der Waals surface area contributed by atoms with Gasteiger partial charge in [0.25, 0.3) is 0 Å². The molecule has 4 nitrogen and oxygen atoms in total. The second-order valence-electron chi connectivity index (χ2n) is 7.32. The number of carbonyl (C=O) groups excluding carboxylic acids is 1. The molecule has 0 radical (unpaired) electrons. The van der Waals surface area contributed by atoms with Crippen LogP contribution in [0.2, 0.25) is 0 Å². The summed E-state index contributed by atoms with van der Waals surface area (Å²) in [6, 6.07) is 11.6. The van der Waals surface area contributed by atoms with Gasteiger partial charge in [0, 0.05) is 11.8 Å². The Balaban J connectivity index is 2.14. The van der Waals surface area contributed by atoms with Crippen LogP contribution in [0.3, 0.4) is 0 Å². The zero-order chi connectivity index (χ0) is 22.5. The fourth-order valence-electron chi connectivity index (χ4n) is 3.21. The van der Waals surface area contributed by atoms with Crippen LogP contribution >= 0.6 is 0 Å².